The van der Waals surface area contributed by atoms with E-state index in [4.69, 9.17) is 4.74 Å². The number of carbonyl (C=O) groups excluding carboxylic acids is 2. The Morgan fingerprint density at radius 3 is 2.31 bits per heavy atom. The van der Waals surface area contributed by atoms with Crippen LogP contribution in [0.2, 0.25) is 0 Å². The van der Waals surface area contributed by atoms with E-state index in [0.717, 1.165) is 10.2 Å². The maximum atomic E-state index is 12.6. The van der Waals surface area contributed by atoms with E-state index >= 15 is 0 Å². The van der Waals surface area contributed by atoms with Gasteiger partial charge in [-0.2, -0.15) is 40.1 Å². The zero-order chi connectivity index (χ0) is 19.8. The van der Waals surface area contributed by atoms with Gasteiger partial charge in [-0.15, -0.1) is 12.1 Å². The summed E-state index contributed by atoms with van der Waals surface area (Å²) in [5, 5.41) is 4.28. The van der Waals surface area contributed by atoms with E-state index in [1.165, 1.54) is 12.4 Å². The smallest absolute Gasteiger partial charge is 0.462 e. The first-order valence-electron chi connectivity index (χ1n) is 8.81. The predicted octanol–water partition coefficient (Wildman–Crippen LogP) is 3.93. The third-order valence-electron chi connectivity index (χ3n) is 3.83. The van der Waals surface area contributed by atoms with Crippen molar-refractivity contribution in [3.63, 3.8) is 0 Å². The van der Waals surface area contributed by atoms with Gasteiger partial charge in [0.1, 0.15) is 5.69 Å². The minimum Gasteiger partial charge on any atom is -0.462 e. The first-order chi connectivity index (χ1) is 13.7. The summed E-state index contributed by atoms with van der Waals surface area (Å²) in [6.45, 7) is 1.93. The number of pyridine rings is 1. The SMILES string of the molecule is CCOC(=O)c1cc(-[c-]2cccc2)nn1C(=O)c1ccncc1.[Fe+2].c1cc[cH-]c1. The molecule has 0 N–H and O–H groups in total. The van der Waals surface area contributed by atoms with E-state index in [1.54, 1.807) is 25.1 Å². The van der Waals surface area contributed by atoms with Gasteiger partial charge in [0.05, 0.1) is 6.61 Å². The molecule has 148 valence electrons. The number of ether oxygens (including phenoxy) is 1. The number of hydrogen-bond donors (Lipinski definition) is 0. The van der Waals surface area contributed by atoms with Gasteiger partial charge < -0.3 is 4.74 Å². The Balaban J connectivity index is 0.000000437. The van der Waals surface area contributed by atoms with Crippen molar-refractivity contribution in [3.8, 4) is 11.3 Å². The molecule has 0 aliphatic carbocycles. The molecule has 0 bridgehead atoms. The fourth-order valence-corrected chi connectivity index (χ4v) is 2.51. The van der Waals surface area contributed by atoms with Crippen LogP contribution >= 0.6 is 0 Å². The van der Waals surface area contributed by atoms with Crippen molar-refractivity contribution in [3.05, 3.63) is 96.4 Å². The summed E-state index contributed by atoms with van der Waals surface area (Å²) in [5.41, 5.74) is 1.87. The molecule has 0 unspecified atom stereocenters. The van der Waals surface area contributed by atoms with Crippen molar-refractivity contribution in [2.75, 3.05) is 6.61 Å². The summed E-state index contributed by atoms with van der Waals surface area (Å²) in [6, 6.07) is 22.2. The summed E-state index contributed by atoms with van der Waals surface area (Å²) >= 11 is 0. The Kier molecular flexibility index (Phi) is 8.27. The van der Waals surface area contributed by atoms with Crippen LogP contribution in [0.4, 0.5) is 0 Å². The molecule has 0 spiro atoms. The largest absolute Gasteiger partial charge is 2.00 e. The first kappa shape index (κ1) is 22.0. The molecule has 0 radical (unpaired) electrons. The summed E-state index contributed by atoms with van der Waals surface area (Å²) in [4.78, 5) is 28.6. The number of esters is 1. The second-order valence-electron chi connectivity index (χ2n) is 5.72. The van der Waals surface area contributed by atoms with Crippen LogP contribution in [-0.4, -0.2) is 33.2 Å². The van der Waals surface area contributed by atoms with Crippen LogP contribution in [0.15, 0.2) is 85.2 Å². The molecule has 0 atom stereocenters. The molecular formula is C22H19FeN3O3. The maximum Gasteiger partial charge on any atom is 2.00 e. The number of hydrogen-bond acceptors (Lipinski definition) is 5. The van der Waals surface area contributed by atoms with Gasteiger partial charge in [0.15, 0.2) is 0 Å². The second kappa shape index (κ2) is 10.9. The molecule has 0 amide bonds. The molecule has 0 saturated heterocycles. The van der Waals surface area contributed by atoms with Gasteiger partial charge in [0, 0.05) is 23.7 Å². The van der Waals surface area contributed by atoms with Gasteiger partial charge in [-0.1, -0.05) is 11.6 Å². The van der Waals surface area contributed by atoms with Gasteiger partial charge in [-0.3, -0.25) is 9.78 Å². The molecular weight excluding hydrogens is 410 g/mol. The maximum absolute atomic E-state index is 12.6. The van der Waals surface area contributed by atoms with Crippen LogP contribution < -0.4 is 0 Å². The molecule has 2 aromatic heterocycles. The van der Waals surface area contributed by atoms with Gasteiger partial charge in [0.25, 0.3) is 5.91 Å². The third kappa shape index (κ3) is 5.60. The van der Waals surface area contributed by atoms with Crippen LogP contribution in [0.1, 0.15) is 27.8 Å². The van der Waals surface area contributed by atoms with Crippen LogP contribution in [-0.2, 0) is 21.8 Å². The fourth-order valence-electron chi connectivity index (χ4n) is 2.51. The zero-order valence-corrected chi connectivity index (χ0v) is 16.8. The minimum absolute atomic E-state index is 0. The molecule has 0 aliphatic rings. The zero-order valence-electron chi connectivity index (χ0n) is 15.7. The molecule has 4 aromatic rings. The quantitative estimate of drug-likeness (QED) is 0.279. The molecule has 29 heavy (non-hydrogen) atoms. The first-order valence-corrected chi connectivity index (χ1v) is 8.81. The van der Waals surface area contributed by atoms with E-state index < -0.39 is 11.9 Å². The summed E-state index contributed by atoms with van der Waals surface area (Å²) in [5.74, 6) is -0.992. The van der Waals surface area contributed by atoms with Crippen molar-refractivity contribution in [2.24, 2.45) is 0 Å². The van der Waals surface area contributed by atoms with Crippen molar-refractivity contribution in [1.82, 2.24) is 14.8 Å². The normalized spacial score (nSPS) is 9.69. The van der Waals surface area contributed by atoms with Crippen molar-refractivity contribution in [2.45, 2.75) is 6.92 Å². The van der Waals surface area contributed by atoms with Crippen LogP contribution in [0, 0.1) is 0 Å². The number of nitrogens with zero attached hydrogens (tertiary/aromatic N) is 3. The van der Waals surface area contributed by atoms with Crippen LogP contribution in [0.3, 0.4) is 0 Å². The Labute approximate surface area is 179 Å². The molecule has 0 saturated carbocycles. The Morgan fingerprint density at radius 2 is 1.76 bits per heavy atom. The predicted molar refractivity (Wildman–Crippen MR) is 105 cm³/mol. The van der Waals surface area contributed by atoms with E-state index in [0.29, 0.717) is 11.3 Å². The van der Waals surface area contributed by atoms with Gasteiger partial charge >= 0.3 is 23.0 Å². The Hall–Kier alpha value is -3.28. The molecule has 4 rings (SSSR count). The fraction of sp³-hybridized carbons (Fsp3) is 0.0909. The third-order valence-corrected chi connectivity index (χ3v) is 3.83. The van der Waals surface area contributed by atoms with E-state index in [-0.39, 0.29) is 29.4 Å². The topological polar surface area (TPSA) is 74.1 Å². The Bertz CT molecular complexity index is 990. The monoisotopic (exact) mass is 429 g/mol. The van der Waals surface area contributed by atoms with Crippen LogP contribution in [0.25, 0.3) is 11.3 Å². The molecule has 2 heterocycles. The van der Waals surface area contributed by atoms with E-state index in [9.17, 15) is 9.59 Å². The minimum atomic E-state index is -0.583. The number of rotatable bonds is 4. The summed E-state index contributed by atoms with van der Waals surface area (Å²) in [7, 11) is 0. The number of aromatic nitrogens is 3. The average Bonchev–Trinajstić information content (AvgIpc) is 3.51. The second-order valence-corrected chi connectivity index (χ2v) is 5.72. The molecule has 2 aromatic carbocycles. The molecule has 6 nitrogen and oxygen atoms in total. The van der Waals surface area contributed by atoms with Gasteiger partial charge in [-0.25, -0.2) is 16.9 Å². The van der Waals surface area contributed by atoms with Crippen molar-refractivity contribution < 1.29 is 31.4 Å². The van der Waals surface area contributed by atoms with Gasteiger partial charge in [0.2, 0.25) is 0 Å². The Morgan fingerprint density at radius 1 is 1.10 bits per heavy atom. The summed E-state index contributed by atoms with van der Waals surface area (Å²) < 4.78 is 6.10. The standard InChI is InChI=1S/C17H14N3O3.C5H5.Fe/c1-2-23-17(22)15-11-14(12-5-3-4-6-12)19-20(15)16(21)13-7-9-18-10-8-13;1-2-4-5-3-1;/h3-11H,2H2,1H3;1-5H;/q2*-1;+2. The molecule has 7 heteroatoms. The number of carbonyl (C=O) groups is 2. The van der Waals surface area contributed by atoms with E-state index in [2.05, 4.69) is 10.1 Å². The van der Waals surface area contributed by atoms with Crippen molar-refractivity contribution in [1.29, 1.82) is 0 Å². The summed E-state index contributed by atoms with van der Waals surface area (Å²) in [6.07, 6.45) is 3.03. The molecule has 0 fully saturated rings. The van der Waals surface area contributed by atoms with E-state index in [1.807, 2.05) is 54.6 Å². The average molecular weight is 429 g/mol. The van der Waals surface area contributed by atoms with Crippen molar-refractivity contribution >= 4 is 11.9 Å². The molecule has 0 aliphatic heterocycles. The van der Waals surface area contributed by atoms with Crippen LogP contribution in [0.5, 0.6) is 0 Å². The van der Waals surface area contributed by atoms with Gasteiger partial charge in [-0.05, 0) is 19.1 Å².